The van der Waals surface area contributed by atoms with Crippen LogP contribution in [0.4, 0.5) is 5.69 Å². The number of nitrogens with zero attached hydrogens (tertiary/aromatic N) is 1. The van der Waals surface area contributed by atoms with Gasteiger partial charge in [0.1, 0.15) is 0 Å². The van der Waals surface area contributed by atoms with Crippen molar-refractivity contribution in [2.24, 2.45) is 0 Å². The first kappa shape index (κ1) is 14.9. The van der Waals surface area contributed by atoms with Gasteiger partial charge in [-0.3, -0.25) is 0 Å². The molecule has 1 unspecified atom stereocenters. The lowest BCUT2D eigenvalue weighted by molar-refractivity contribution is -0.131. The molecule has 0 bridgehead atoms. The number of benzene rings is 1. The lowest BCUT2D eigenvalue weighted by Gasteiger charge is -2.26. The SMILES string of the molecule is CC1CN(c2cc(Cl)ccc2/C=C/C(=O)O)CCCO1. The highest BCUT2D eigenvalue weighted by molar-refractivity contribution is 6.31. The van der Waals surface area contributed by atoms with Crippen LogP contribution in [0.1, 0.15) is 18.9 Å². The van der Waals surface area contributed by atoms with E-state index in [-0.39, 0.29) is 6.10 Å². The van der Waals surface area contributed by atoms with Crippen LogP contribution in [0.15, 0.2) is 24.3 Å². The Bertz CT molecular complexity index is 516. The van der Waals surface area contributed by atoms with Crippen molar-refractivity contribution in [3.05, 3.63) is 34.9 Å². The number of ether oxygens (including phenoxy) is 1. The summed E-state index contributed by atoms with van der Waals surface area (Å²) >= 11 is 6.08. The average molecular weight is 296 g/mol. The fourth-order valence-electron chi connectivity index (χ4n) is 2.31. The van der Waals surface area contributed by atoms with Gasteiger partial charge in [-0.1, -0.05) is 17.7 Å². The Balaban J connectivity index is 2.32. The van der Waals surface area contributed by atoms with Crippen molar-refractivity contribution in [1.29, 1.82) is 0 Å². The van der Waals surface area contributed by atoms with Crippen LogP contribution in [0, 0.1) is 0 Å². The standard InChI is InChI=1S/C15H18ClNO3/c1-11-10-17(7-2-8-20-11)14-9-13(16)5-3-12(14)4-6-15(18)19/h3-6,9,11H,2,7-8,10H2,1H3,(H,18,19)/b6-4+. The minimum absolute atomic E-state index is 0.146. The van der Waals surface area contributed by atoms with E-state index in [0.29, 0.717) is 5.02 Å². The van der Waals surface area contributed by atoms with Gasteiger partial charge in [0.05, 0.1) is 6.10 Å². The van der Waals surface area contributed by atoms with Gasteiger partial charge in [0, 0.05) is 36.5 Å². The molecular formula is C15H18ClNO3. The lowest BCUT2D eigenvalue weighted by atomic mass is 10.1. The summed E-state index contributed by atoms with van der Waals surface area (Å²) in [5, 5.41) is 9.41. The minimum atomic E-state index is -0.960. The number of aliphatic carboxylic acids is 1. The Morgan fingerprint density at radius 3 is 3.10 bits per heavy atom. The van der Waals surface area contributed by atoms with Gasteiger partial charge < -0.3 is 14.7 Å². The average Bonchev–Trinajstić information content (AvgIpc) is 2.61. The molecule has 0 saturated carbocycles. The van der Waals surface area contributed by atoms with E-state index in [0.717, 1.165) is 43.4 Å². The fraction of sp³-hybridized carbons (Fsp3) is 0.400. The van der Waals surface area contributed by atoms with E-state index < -0.39 is 5.97 Å². The molecule has 0 aliphatic carbocycles. The van der Waals surface area contributed by atoms with Gasteiger partial charge in [-0.2, -0.15) is 0 Å². The second-order valence-electron chi connectivity index (χ2n) is 4.86. The van der Waals surface area contributed by atoms with Crippen LogP contribution < -0.4 is 4.90 Å². The van der Waals surface area contributed by atoms with E-state index in [2.05, 4.69) is 4.90 Å². The molecule has 1 aromatic carbocycles. The number of anilines is 1. The van der Waals surface area contributed by atoms with E-state index in [1.54, 1.807) is 12.1 Å². The Kier molecular flexibility index (Phi) is 5.04. The van der Waals surface area contributed by atoms with Crippen LogP contribution in [0.5, 0.6) is 0 Å². The van der Waals surface area contributed by atoms with Crippen molar-refractivity contribution in [2.75, 3.05) is 24.6 Å². The monoisotopic (exact) mass is 295 g/mol. The molecule has 0 amide bonds. The third-order valence-electron chi connectivity index (χ3n) is 3.19. The van der Waals surface area contributed by atoms with E-state index >= 15 is 0 Å². The molecule has 108 valence electrons. The van der Waals surface area contributed by atoms with Crippen LogP contribution >= 0.6 is 11.6 Å². The Labute approximate surface area is 123 Å². The van der Waals surface area contributed by atoms with Gasteiger partial charge in [0.15, 0.2) is 0 Å². The number of carboxylic acids is 1. The minimum Gasteiger partial charge on any atom is -0.478 e. The first-order valence-corrected chi connectivity index (χ1v) is 7.01. The Morgan fingerprint density at radius 1 is 1.55 bits per heavy atom. The predicted molar refractivity (Wildman–Crippen MR) is 80.4 cm³/mol. The zero-order valence-corrected chi connectivity index (χ0v) is 12.1. The zero-order valence-electron chi connectivity index (χ0n) is 11.4. The van der Waals surface area contributed by atoms with Gasteiger partial charge >= 0.3 is 5.97 Å². The molecule has 1 fully saturated rings. The van der Waals surface area contributed by atoms with Crippen molar-refractivity contribution >= 4 is 29.3 Å². The van der Waals surface area contributed by atoms with Gasteiger partial charge in [0.25, 0.3) is 0 Å². The molecule has 1 aliphatic rings. The molecule has 20 heavy (non-hydrogen) atoms. The number of rotatable bonds is 3. The largest absolute Gasteiger partial charge is 0.478 e. The molecule has 1 heterocycles. The molecule has 5 heteroatoms. The molecule has 2 rings (SSSR count). The highest BCUT2D eigenvalue weighted by Gasteiger charge is 2.17. The fourth-order valence-corrected chi connectivity index (χ4v) is 2.47. The molecule has 1 saturated heterocycles. The molecule has 0 aromatic heterocycles. The van der Waals surface area contributed by atoms with E-state index in [9.17, 15) is 4.79 Å². The second kappa shape index (κ2) is 6.77. The summed E-state index contributed by atoms with van der Waals surface area (Å²) in [5.74, 6) is -0.960. The van der Waals surface area contributed by atoms with Crippen molar-refractivity contribution in [2.45, 2.75) is 19.4 Å². The molecule has 0 spiro atoms. The summed E-state index contributed by atoms with van der Waals surface area (Å²) in [4.78, 5) is 12.9. The summed E-state index contributed by atoms with van der Waals surface area (Å²) in [7, 11) is 0. The van der Waals surface area contributed by atoms with E-state index in [4.69, 9.17) is 21.4 Å². The summed E-state index contributed by atoms with van der Waals surface area (Å²) in [6.07, 6.45) is 3.83. The van der Waals surface area contributed by atoms with Gasteiger partial charge in [-0.25, -0.2) is 4.79 Å². The maximum Gasteiger partial charge on any atom is 0.328 e. The van der Waals surface area contributed by atoms with E-state index in [1.807, 2.05) is 19.1 Å². The Morgan fingerprint density at radius 2 is 2.35 bits per heavy atom. The van der Waals surface area contributed by atoms with Gasteiger partial charge in [-0.05, 0) is 37.1 Å². The first-order chi connectivity index (χ1) is 9.56. The van der Waals surface area contributed by atoms with Gasteiger partial charge in [0.2, 0.25) is 0 Å². The number of hydrogen-bond acceptors (Lipinski definition) is 3. The molecule has 1 aliphatic heterocycles. The predicted octanol–water partition coefficient (Wildman–Crippen LogP) is 3.05. The maximum absolute atomic E-state index is 10.7. The van der Waals surface area contributed by atoms with Crippen molar-refractivity contribution in [3.63, 3.8) is 0 Å². The molecular weight excluding hydrogens is 278 g/mol. The highest BCUT2D eigenvalue weighted by Crippen LogP contribution is 2.27. The topological polar surface area (TPSA) is 49.8 Å². The summed E-state index contributed by atoms with van der Waals surface area (Å²) < 4.78 is 5.64. The van der Waals surface area contributed by atoms with Crippen LogP contribution in [0.2, 0.25) is 5.02 Å². The second-order valence-corrected chi connectivity index (χ2v) is 5.29. The maximum atomic E-state index is 10.7. The summed E-state index contributed by atoms with van der Waals surface area (Å²) in [5.41, 5.74) is 1.80. The van der Waals surface area contributed by atoms with Crippen LogP contribution in [0.25, 0.3) is 6.08 Å². The third-order valence-corrected chi connectivity index (χ3v) is 3.43. The smallest absolute Gasteiger partial charge is 0.328 e. The van der Waals surface area contributed by atoms with Crippen molar-refractivity contribution in [1.82, 2.24) is 0 Å². The normalized spacial score (nSPS) is 20.1. The lowest BCUT2D eigenvalue weighted by Crippen LogP contribution is -2.30. The van der Waals surface area contributed by atoms with E-state index in [1.165, 1.54) is 0 Å². The van der Waals surface area contributed by atoms with Crippen LogP contribution in [-0.2, 0) is 9.53 Å². The quantitative estimate of drug-likeness (QED) is 0.871. The van der Waals surface area contributed by atoms with Crippen molar-refractivity contribution in [3.8, 4) is 0 Å². The number of halogens is 1. The zero-order chi connectivity index (χ0) is 14.5. The van der Waals surface area contributed by atoms with Crippen molar-refractivity contribution < 1.29 is 14.6 Å². The first-order valence-electron chi connectivity index (χ1n) is 6.63. The molecule has 0 radical (unpaired) electrons. The molecule has 1 aromatic rings. The van der Waals surface area contributed by atoms with Crippen LogP contribution in [0.3, 0.4) is 0 Å². The molecule has 4 nitrogen and oxygen atoms in total. The summed E-state index contributed by atoms with van der Waals surface area (Å²) in [6.45, 7) is 4.43. The Hall–Kier alpha value is -1.52. The molecule has 1 N–H and O–H groups in total. The van der Waals surface area contributed by atoms with Crippen LogP contribution in [-0.4, -0.2) is 36.9 Å². The number of carboxylic acid groups (broad SMARTS) is 1. The molecule has 1 atom stereocenters. The van der Waals surface area contributed by atoms with Gasteiger partial charge in [-0.15, -0.1) is 0 Å². The third kappa shape index (κ3) is 3.99. The number of carbonyl (C=O) groups is 1. The number of hydrogen-bond donors (Lipinski definition) is 1. The summed E-state index contributed by atoms with van der Waals surface area (Å²) in [6, 6.07) is 5.49. The highest BCUT2D eigenvalue weighted by atomic mass is 35.5.